The second-order valence-electron chi connectivity index (χ2n) is 9.41. The second kappa shape index (κ2) is 9.30. The SMILES string of the molecule is CC1CN(c2ncccc2Cl)CCN1c1cc(N2CCCCC2)nc(N2CCCC2C)n1. The summed E-state index contributed by atoms with van der Waals surface area (Å²) in [5.41, 5.74) is 0. The molecule has 8 heteroatoms. The van der Waals surface area contributed by atoms with Crippen molar-refractivity contribution in [3.63, 3.8) is 0 Å². The van der Waals surface area contributed by atoms with Crippen molar-refractivity contribution in [3.05, 3.63) is 29.4 Å². The van der Waals surface area contributed by atoms with Crippen LogP contribution in [0.4, 0.5) is 23.4 Å². The fourth-order valence-corrected chi connectivity index (χ4v) is 5.54. The molecule has 2 aromatic rings. The normalized spacial score (nSPS) is 24.3. The largest absolute Gasteiger partial charge is 0.356 e. The number of hydrogen-bond donors (Lipinski definition) is 0. The Morgan fingerprint density at radius 1 is 0.844 bits per heavy atom. The standard InChI is InChI=1S/C24H34ClN7/c1-18-8-7-13-32(18)24-27-21(29-11-4-3-5-12-29)16-22(28-24)31-15-14-30(17-19(31)2)23-20(25)9-6-10-26-23/h6,9-10,16,18-19H,3-5,7-8,11-15,17H2,1-2H3. The van der Waals surface area contributed by atoms with E-state index in [-0.39, 0.29) is 0 Å². The van der Waals surface area contributed by atoms with Crippen LogP contribution in [0.3, 0.4) is 0 Å². The summed E-state index contributed by atoms with van der Waals surface area (Å²) in [5, 5.41) is 0.716. The minimum absolute atomic E-state index is 0.301. The van der Waals surface area contributed by atoms with Crippen LogP contribution in [0.1, 0.15) is 46.0 Å². The molecule has 32 heavy (non-hydrogen) atoms. The minimum atomic E-state index is 0.301. The molecule has 5 heterocycles. The number of nitrogens with zero attached hydrogens (tertiary/aromatic N) is 7. The van der Waals surface area contributed by atoms with Gasteiger partial charge in [0.05, 0.1) is 5.02 Å². The highest BCUT2D eigenvalue weighted by molar-refractivity contribution is 6.32. The molecular weight excluding hydrogens is 422 g/mol. The molecule has 3 fully saturated rings. The fourth-order valence-electron chi connectivity index (χ4n) is 5.30. The Balaban J connectivity index is 1.42. The summed E-state index contributed by atoms with van der Waals surface area (Å²) in [6, 6.07) is 6.82. The molecule has 2 aromatic heterocycles. The maximum absolute atomic E-state index is 6.42. The third-order valence-electron chi connectivity index (χ3n) is 7.14. The number of aromatic nitrogens is 3. The van der Waals surface area contributed by atoms with Gasteiger partial charge in [-0.3, -0.25) is 0 Å². The first-order chi connectivity index (χ1) is 15.6. The zero-order chi connectivity index (χ0) is 22.1. The smallest absolute Gasteiger partial charge is 0.229 e. The zero-order valence-corrected chi connectivity index (χ0v) is 20.0. The average Bonchev–Trinajstić information content (AvgIpc) is 3.25. The van der Waals surface area contributed by atoms with Crippen molar-refractivity contribution in [3.8, 4) is 0 Å². The van der Waals surface area contributed by atoms with Crippen molar-refractivity contribution >= 4 is 35.0 Å². The van der Waals surface area contributed by atoms with Gasteiger partial charge in [-0.25, -0.2) is 4.98 Å². The Morgan fingerprint density at radius 3 is 2.38 bits per heavy atom. The summed E-state index contributed by atoms with van der Waals surface area (Å²) < 4.78 is 0. The minimum Gasteiger partial charge on any atom is -0.356 e. The number of halogens is 1. The zero-order valence-electron chi connectivity index (χ0n) is 19.3. The van der Waals surface area contributed by atoms with Crippen LogP contribution in [0.25, 0.3) is 0 Å². The molecule has 0 amide bonds. The molecule has 0 bridgehead atoms. The van der Waals surface area contributed by atoms with Gasteiger partial charge in [-0.15, -0.1) is 0 Å². The molecule has 0 N–H and O–H groups in total. The number of piperidine rings is 1. The Kier molecular flexibility index (Phi) is 6.26. The van der Waals surface area contributed by atoms with E-state index in [4.69, 9.17) is 21.6 Å². The van der Waals surface area contributed by atoms with E-state index < -0.39 is 0 Å². The summed E-state index contributed by atoms with van der Waals surface area (Å²) in [6.07, 6.45) is 8.06. The Morgan fingerprint density at radius 2 is 1.66 bits per heavy atom. The van der Waals surface area contributed by atoms with Crippen LogP contribution in [0.15, 0.2) is 24.4 Å². The lowest BCUT2D eigenvalue weighted by Gasteiger charge is -2.42. The van der Waals surface area contributed by atoms with Gasteiger partial charge in [0, 0.05) is 63.6 Å². The van der Waals surface area contributed by atoms with Gasteiger partial charge in [0.25, 0.3) is 0 Å². The molecule has 7 nitrogen and oxygen atoms in total. The van der Waals surface area contributed by atoms with Crippen molar-refractivity contribution in [1.29, 1.82) is 0 Å². The molecule has 0 radical (unpaired) electrons. The third-order valence-corrected chi connectivity index (χ3v) is 7.43. The lowest BCUT2D eigenvalue weighted by atomic mass is 10.1. The van der Waals surface area contributed by atoms with Gasteiger partial charge < -0.3 is 19.6 Å². The van der Waals surface area contributed by atoms with Gasteiger partial charge in [0.1, 0.15) is 17.5 Å². The van der Waals surface area contributed by atoms with Crippen molar-refractivity contribution in [2.75, 3.05) is 58.9 Å². The lowest BCUT2D eigenvalue weighted by Crippen LogP contribution is -2.53. The molecule has 3 aliphatic heterocycles. The van der Waals surface area contributed by atoms with Gasteiger partial charge in [-0.1, -0.05) is 11.6 Å². The average molecular weight is 456 g/mol. The molecule has 2 unspecified atom stereocenters. The van der Waals surface area contributed by atoms with Crippen molar-refractivity contribution in [2.45, 2.75) is 58.0 Å². The van der Waals surface area contributed by atoms with Crippen molar-refractivity contribution in [1.82, 2.24) is 15.0 Å². The first kappa shape index (κ1) is 21.6. The molecule has 0 spiro atoms. The van der Waals surface area contributed by atoms with E-state index in [1.165, 1.54) is 32.1 Å². The molecule has 0 aromatic carbocycles. The van der Waals surface area contributed by atoms with Crippen molar-refractivity contribution < 1.29 is 0 Å². The van der Waals surface area contributed by atoms with Gasteiger partial charge in [0.15, 0.2) is 0 Å². The van der Waals surface area contributed by atoms with Gasteiger partial charge in [-0.2, -0.15) is 9.97 Å². The molecule has 2 atom stereocenters. The third kappa shape index (κ3) is 4.32. The Bertz CT molecular complexity index is 932. The molecule has 0 saturated carbocycles. The molecule has 0 aliphatic carbocycles. The second-order valence-corrected chi connectivity index (χ2v) is 9.82. The highest BCUT2D eigenvalue weighted by Gasteiger charge is 2.30. The van der Waals surface area contributed by atoms with Crippen LogP contribution in [-0.2, 0) is 0 Å². The highest BCUT2D eigenvalue weighted by Crippen LogP contribution is 2.32. The monoisotopic (exact) mass is 455 g/mol. The van der Waals surface area contributed by atoms with E-state index >= 15 is 0 Å². The maximum atomic E-state index is 6.42. The van der Waals surface area contributed by atoms with Gasteiger partial charge >= 0.3 is 0 Å². The first-order valence-corrected chi connectivity index (χ1v) is 12.5. The summed E-state index contributed by atoms with van der Waals surface area (Å²) in [4.78, 5) is 24.3. The van der Waals surface area contributed by atoms with Crippen LogP contribution in [0, 0.1) is 0 Å². The predicted molar refractivity (Wildman–Crippen MR) is 132 cm³/mol. The van der Waals surface area contributed by atoms with Gasteiger partial charge in [0.2, 0.25) is 5.95 Å². The van der Waals surface area contributed by atoms with E-state index in [1.807, 2.05) is 18.3 Å². The summed E-state index contributed by atoms with van der Waals surface area (Å²) in [6.45, 7) is 10.4. The van der Waals surface area contributed by atoms with Crippen molar-refractivity contribution in [2.24, 2.45) is 0 Å². The van der Waals surface area contributed by atoms with Crippen LogP contribution < -0.4 is 19.6 Å². The lowest BCUT2D eigenvalue weighted by molar-refractivity contribution is 0.540. The fraction of sp³-hybridized carbons (Fsp3) is 0.625. The number of piperazine rings is 1. The van der Waals surface area contributed by atoms with Crippen LogP contribution in [0.2, 0.25) is 5.02 Å². The van der Waals surface area contributed by atoms with Crippen LogP contribution in [0.5, 0.6) is 0 Å². The van der Waals surface area contributed by atoms with E-state index in [1.54, 1.807) is 0 Å². The molecule has 172 valence electrons. The van der Waals surface area contributed by atoms with E-state index in [0.717, 1.165) is 62.7 Å². The number of pyridine rings is 1. The highest BCUT2D eigenvalue weighted by atomic mass is 35.5. The summed E-state index contributed by atoms with van der Waals surface area (Å²) >= 11 is 6.42. The Hall–Kier alpha value is -2.28. The van der Waals surface area contributed by atoms with E-state index in [9.17, 15) is 0 Å². The molecule has 5 rings (SSSR count). The maximum Gasteiger partial charge on any atom is 0.229 e. The predicted octanol–water partition coefficient (Wildman–Crippen LogP) is 4.22. The molecule has 3 saturated heterocycles. The number of hydrogen-bond acceptors (Lipinski definition) is 7. The topological polar surface area (TPSA) is 51.6 Å². The van der Waals surface area contributed by atoms with Crippen LogP contribution >= 0.6 is 11.6 Å². The van der Waals surface area contributed by atoms with Gasteiger partial charge in [-0.05, 0) is 58.1 Å². The number of rotatable bonds is 4. The quantitative estimate of drug-likeness (QED) is 0.684. The number of anilines is 4. The van der Waals surface area contributed by atoms with E-state index in [0.29, 0.717) is 17.1 Å². The summed E-state index contributed by atoms with van der Waals surface area (Å²) in [7, 11) is 0. The Labute approximate surface area is 196 Å². The molecular formula is C24H34ClN7. The van der Waals surface area contributed by atoms with E-state index in [2.05, 4.69) is 44.5 Å². The van der Waals surface area contributed by atoms with Crippen LogP contribution in [-0.4, -0.2) is 66.3 Å². The summed E-state index contributed by atoms with van der Waals surface area (Å²) in [5.74, 6) is 3.92. The first-order valence-electron chi connectivity index (χ1n) is 12.1. The molecule has 3 aliphatic rings.